The smallest absolute Gasteiger partial charge is 0.305 e. The molecule has 0 heterocycles. The first kappa shape index (κ1) is 15.4. The third-order valence-electron chi connectivity index (χ3n) is 2.85. The van der Waals surface area contributed by atoms with E-state index in [1.54, 1.807) is 0 Å². The molecule has 1 atom stereocenters. The highest BCUT2D eigenvalue weighted by Gasteiger charge is 2.08. The van der Waals surface area contributed by atoms with Crippen molar-refractivity contribution < 1.29 is 9.53 Å². The molecule has 0 bridgehead atoms. The number of likely N-dealkylation sites (N-methyl/N-ethyl adjacent to an activating group) is 1. The fraction of sp³-hybridized carbons (Fsp3) is 0.923. The Hall–Kier alpha value is -0.570. The number of hydrogen-bond donors (Lipinski definition) is 0. The Kier molecular flexibility index (Phi) is 9.30. The van der Waals surface area contributed by atoms with Crippen molar-refractivity contribution in [2.75, 3.05) is 20.7 Å². The van der Waals surface area contributed by atoms with E-state index >= 15 is 0 Å². The van der Waals surface area contributed by atoms with Gasteiger partial charge in [-0.1, -0.05) is 32.6 Å². The Morgan fingerprint density at radius 1 is 1.19 bits per heavy atom. The zero-order valence-electron chi connectivity index (χ0n) is 11.3. The summed E-state index contributed by atoms with van der Waals surface area (Å²) in [7, 11) is 3.98. The van der Waals surface area contributed by atoms with Crippen molar-refractivity contribution >= 4 is 5.97 Å². The van der Waals surface area contributed by atoms with Crippen LogP contribution in [0.1, 0.15) is 52.4 Å². The lowest BCUT2D eigenvalue weighted by Crippen LogP contribution is -2.30. The molecule has 0 fully saturated rings. The van der Waals surface area contributed by atoms with Crippen LogP contribution in [-0.4, -0.2) is 37.6 Å². The van der Waals surface area contributed by atoms with Crippen molar-refractivity contribution in [3.63, 3.8) is 0 Å². The molecular weight excluding hydrogens is 202 g/mol. The number of ether oxygens (including phenoxy) is 1. The molecule has 16 heavy (non-hydrogen) atoms. The van der Waals surface area contributed by atoms with Crippen molar-refractivity contribution in [3.8, 4) is 0 Å². The van der Waals surface area contributed by atoms with Gasteiger partial charge in [0.2, 0.25) is 0 Å². The molecule has 0 aliphatic carbocycles. The first-order valence-electron chi connectivity index (χ1n) is 6.40. The van der Waals surface area contributed by atoms with Gasteiger partial charge in [0.1, 0.15) is 6.61 Å². The monoisotopic (exact) mass is 229 g/mol. The molecule has 0 N–H and O–H groups in total. The maximum Gasteiger partial charge on any atom is 0.305 e. The molecule has 0 spiro atoms. The summed E-state index contributed by atoms with van der Waals surface area (Å²) in [6.45, 7) is 4.74. The van der Waals surface area contributed by atoms with Crippen LogP contribution >= 0.6 is 0 Å². The first-order valence-corrected chi connectivity index (χ1v) is 6.40. The highest BCUT2D eigenvalue weighted by Crippen LogP contribution is 2.06. The number of nitrogens with zero attached hydrogens (tertiary/aromatic N) is 1. The SMILES string of the molecule is CCCCCCCC(=O)OCC(C)N(C)C. The Morgan fingerprint density at radius 2 is 1.81 bits per heavy atom. The van der Waals surface area contributed by atoms with Crippen LogP contribution in [0.2, 0.25) is 0 Å². The van der Waals surface area contributed by atoms with E-state index in [9.17, 15) is 4.79 Å². The predicted molar refractivity (Wildman–Crippen MR) is 67.5 cm³/mol. The van der Waals surface area contributed by atoms with Crippen molar-refractivity contribution in [2.24, 2.45) is 0 Å². The summed E-state index contributed by atoms with van der Waals surface area (Å²) in [5, 5.41) is 0. The fourth-order valence-electron chi connectivity index (χ4n) is 1.31. The first-order chi connectivity index (χ1) is 7.57. The van der Waals surface area contributed by atoms with Crippen LogP contribution in [-0.2, 0) is 9.53 Å². The number of carbonyl (C=O) groups is 1. The van der Waals surface area contributed by atoms with Crippen LogP contribution in [0.5, 0.6) is 0 Å². The van der Waals surface area contributed by atoms with E-state index in [1.807, 2.05) is 14.1 Å². The summed E-state index contributed by atoms with van der Waals surface area (Å²) in [4.78, 5) is 13.4. The van der Waals surface area contributed by atoms with Crippen LogP contribution in [0.4, 0.5) is 0 Å². The van der Waals surface area contributed by atoms with Crippen LogP contribution in [0, 0.1) is 0 Å². The molecule has 96 valence electrons. The molecule has 0 aliphatic rings. The van der Waals surface area contributed by atoms with Gasteiger partial charge in [-0.25, -0.2) is 0 Å². The Labute approximate surface area is 100 Å². The third kappa shape index (κ3) is 8.72. The average Bonchev–Trinajstić information content (AvgIpc) is 2.25. The lowest BCUT2D eigenvalue weighted by Gasteiger charge is -2.19. The summed E-state index contributed by atoms with van der Waals surface area (Å²) in [5.41, 5.74) is 0. The Bertz CT molecular complexity index is 181. The number of rotatable bonds is 9. The van der Waals surface area contributed by atoms with E-state index < -0.39 is 0 Å². The normalized spacial score (nSPS) is 12.8. The van der Waals surface area contributed by atoms with Crippen molar-refractivity contribution in [3.05, 3.63) is 0 Å². The van der Waals surface area contributed by atoms with E-state index in [1.165, 1.54) is 19.3 Å². The zero-order valence-corrected chi connectivity index (χ0v) is 11.3. The quantitative estimate of drug-likeness (QED) is 0.450. The lowest BCUT2D eigenvalue weighted by atomic mass is 10.1. The van der Waals surface area contributed by atoms with Gasteiger partial charge < -0.3 is 9.64 Å². The summed E-state index contributed by atoms with van der Waals surface area (Å²) >= 11 is 0. The van der Waals surface area contributed by atoms with E-state index in [-0.39, 0.29) is 5.97 Å². The van der Waals surface area contributed by atoms with E-state index in [0.717, 1.165) is 12.8 Å². The second kappa shape index (κ2) is 9.64. The van der Waals surface area contributed by atoms with Gasteiger partial charge in [0.15, 0.2) is 0 Å². The third-order valence-corrected chi connectivity index (χ3v) is 2.85. The molecule has 0 radical (unpaired) electrons. The van der Waals surface area contributed by atoms with Gasteiger partial charge in [0, 0.05) is 12.5 Å². The summed E-state index contributed by atoms with van der Waals surface area (Å²) in [5.74, 6) is -0.0507. The highest BCUT2D eigenvalue weighted by atomic mass is 16.5. The lowest BCUT2D eigenvalue weighted by molar-refractivity contribution is -0.145. The summed E-state index contributed by atoms with van der Waals surface area (Å²) < 4.78 is 5.19. The van der Waals surface area contributed by atoms with Gasteiger partial charge in [0.05, 0.1) is 0 Å². The molecule has 0 aromatic carbocycles. The molecule has 0 amide bonds. The van der Waals surface area contributed by atoms with E-state index in [0.29, 0.717) is 19.1 Å². The maximum absolute atomic E-state index is 11.4. The van der Waals surface area contributed by atoms with Crippen molar-refractivity contribution in [1.82, 2.24) is 4.90 Å². The molecule has 0 aliphatic heterocycles. The average molecular weight is 229 g/mol. The largest absolute Gasteiger partial charge is 0.464 e. The van der Waals surface area contributed by atoms with Crippen molar-refractivity contribution in [2.45, 2.75) is 58.4 Å². The van der Waals surface area contributed by atoms with Gasteiger partial charge >= 0.3 is 5.97 Å². The molecule has 0 aromatic rings. The number of hydrogen-bond acceptors (Lipinski definition) is 3. The van der Waals surface area contributed by atoms with Crippen LogP contribution in [0.3, 0.4) is 0 Å². The second-order valence-electron chi connectivity index (χ2n) is 4.66. The van der Waals surface area contributed by atoms with Gasteiger partial charge in [-0.15, -0.1) is 0 Å². The number of carbonyl (C=O) groups excluding carboxylic acids is 1. The van der Waals surface area contributed by atoms with Crippen LogP contribution < -0.4 is 0 Å². The minimum Gasteiger partial charge on any atom is -0.464 e. The van der Waals surface area contributed by atoms with Gasteiger partial charge in [0.25, 0.3) is 0 Å². The molecule has 1 unspecified atom stereocenters. The Balaban J connectivity index is 3.38. The van der Waals surface area contributed by atoms with Gasteiger partial charge in [-0.2, -0.15) is 0 Å². The maximum atomic E-state index is 11.4. The topological polar surface area (TPSA) is 29.5 Å². The van der Waals surface area contributed by atoms with Gasteiger partial charge in [-0.3, -0.25) is 4.79 Å². The molecule has 3 heteroatoms. The minimum atomic E-state index is -0.0507. The number of unbranched alkanes of at least 4 members (excludes halogenated alkanes) is 4. The standard InChI is InChI=1S/C13H27NO2/c1-5-6-7-8-9-10-13(15)16-11-12(2)14(3)4/h12H,5-11H2,1-4H3. The molecule has 0 aromatic heterocycles. The van der Waals surface area contributed by atoms with E-state index in [4.69, 9.17) is 4.74 Å². The molecule has 0 rings (SSSR count). The summed E-state index contributed by atoms with van der Waals surface area (Å²) in [6.07, 6.45) is 6.43. The molecule has 0 saturated carbocycles. The van der Waals surface area contributed by atoms with Crippen LogP contribution in [0.25, 0.3) is 0 Å². The highest BCUT2D eigenvalue weighted by molar-refractivity contribution is 5.69. The predicted octanol–water partition coefficient (Wildman–Crippen LogP) is 2.84. The zero-order chi connectivity index (χ0) is 12.4. The van der Waals surface area contributed by atoms with E-state index in [2.05, 4.69) is 18.7 Å². The molecule has 0 saturated heterocycles. The Morgan fingerprint density at radius 3 is 2.38 bits per heavy atom. The number of esters is 1. The van der Waals surface area contributed by atoms with Gasteiger partial charge in [-0.05, 0) is 27.4 Å². The van der Waals surface area contributed by atoms with Crippen LogP contribution in [0.15, 0.2) is 0 Å². The fourth-order valence-corrected chi connectivity index (χ4v) is 1.31. The second-order valence-corrected chi connectivity index (χ2v) is 4.66. The molecular formula is C13H27NO2. The minimum absolute atomic E-state index is 0.0507. The molecule has 3 nitrogen and oxygen atoms in total. The van der Waals surface area contributed by atoms with Crippen molar-refractivity contribution in [1.29, 1.82) is 0 Å². The summed E-state index contributed by atoms with van der Waals surface area (Å²) in [6, 6.07) is 0.295.